The first-order chi connectivity index (χ1) is 11.8. The number of aromatic nitrogens is 4. The Morgan fingerprint density at radius 3 is 2.38 bits per heavy atom. The van der Waals surface area contributed by atoms with Gasteiger partial charge in [-0.25, -0.2) is 9.48 Å². The zero-order valence-corrected chi connectivity index (χ0v) is 13.1. The molecule has 7 heteroatoms. The van der Waals surface area contributed by atoms with Crippen LogP contribution in [0.15, 0.2) is 54.9 Å². The first-order valence-electron chi connectivity index (χ1n) is 7.55. The first-order valence-corrected chi connectivity index (χ1v) is 7.55. The molecule has 0 amide bonds. The molecule has 1 heterocycles. The fourth-order valence-electron chi connectivity index (χ4n) is 2.02. The van der Waals surface area contributed by atoms with Gasteiger partial charge in [0.2, 0.25) is 0 Å². The summed E-state index contributed by atoms with van der Waals surface area (Å²) in [5.74, 6) is 0.759. The number of esters is 1. The maximum atomic E-state index is 12.2. The summed E-state index contributed by atoms with van der Waals surface area (Å²) >= 11 is 0. The fourth-order valence-corrected chi connectivity index (χ4v) is 2.02. The third kappa shape index (κ3) is 3.75. The topological polar surface area (TPSA) is 79.1 Å². The number of hydrogen-bond donors (Lipinski definition) is 0. The van der Waals surface area contributed by atoms with E-state index in [0.717, 1.165) is 17.9 Å². The fraction of sp³-hybridized carbons (Fsp3) is 0.176. The molecule has 0 fully saturated rings. The molecule has 3 rings (SSSR count). The van der Waals surface area contributed by atoms with Gasteiger partial charge in [0.25, 0.3) is 0 Å². The van der Waals surface area contributed by atoms with Crippen LogP contribution in [0.25, 0.3) is 5.69 Å². The van der Waals surface area contributed by atoms with Crippen molar-refractivity contribution >= 4 is 5.97 Å². The lowest BCUT2D eigenvalue weighted by molar-refractivity contribution is 0.0734. The predicted molar refractivity (Wildman–Crippen MR) is 86.3 cm³/mol. The summed E-state index contributed by atoms with van der Waals surface area (Å²) in [7, 11) is 0. The largest absolute Gasteiger partial charge is 0.494 e. The minimum Gasteiger partial charge on any atom is -0.494 e. The molecule has 0 unspecified atom stereocenters. The zero-order chi connectivity index (χ0) is 16.8. The van der Waals surface area contributed by atoms with Crippen molar-refractivity contribution in [2.45, 2.75) is 13.3 Å². The van der Waals surface area contributed by atoms with Gasteiger partial charge < -0.3 is 9.47 Å². The van der Waals surface area contributed by atoms with Crippen LogP contribution in [0.5, 0.6) is 11.5 Å². The second-order valence-electron chi connectivity index (χ2n) is 5.01. The molecular formula is C17H16N4O3. The number of tetrazole rings is 1. The van der Waals surface area contributed by atoms with E-state index in [-0.39, 0.29) is 0 Å². The second kappa shape index (κ2) is 7.36. The number of carbonyl (C=O) groups excluding carboxylic acids is 1. The van der Waals surface area contributed by atoms with Gasteiger partial charge in [-0.1, -0.05) is 6.92 Å². The van der Waals surface area contributed by atoms with Crippen LogP contribution in [0.1, 0.15) is 23.7 Å². The molecule has 0 radical (unpaired) electrons. The number of rotatable bonds is 6. The maximum Gasteiger partial charge on any atom is 0.343 e. The highest BCUT2D eigenvalue weighted by molar-refractivity contribution is 5.91. The third-order valence-electron chi connectivity index (χ3n) is 3.22. The van der Waals surface area contributed by atoms with E-state index >= 15 is 0 Å². The van der Waals surface area contributed by atoms with Crippen molar-refractivity contribution in [1.82, 2.24) is 20.2 Å². The molecular weight excluding hydrogens is 308 g/mol. The molecule has 24 heavy (non-hydrogen) atoms. The summed E-state index contributed by atoms with van der Waals surface area (Å²) in [4.78, 5) is 12.2. The van der Waals surface area contributed by atoms with Crippen LogP contribution >= 0.6 is 0 Å². The lowest BCUT2D eigenvalue weighted by Crippen LogP contribution is -2.08. The van der Waals surface area contributed by atoms with Crippen molar-refractivity contribution in [3.63, 3.8) is 0 Å². The molecule has 0 aliphatic heterocycles. The van der Waals surface area contributed by atoms with Crippen LogP contribution in [-0.4, -0.2) is 32.8 Å². The summed E-state index contributed by atoms with van der Waals surface area (Å²) in [6.07, 6.45) is 2.42. The van der Waals surface area contributed by atoms with Crippen molar-refractivity contribution < 1.29 is 14.3 Å². The van der Waals surface area contributed by atoms with Crippen molar-refractivity contribution in [2.75, 3.05) is 6.61 Å². The van der Waals surface area contributed by atoms with E-state index in [2.05, 4.69) is 15.5 Å². The quantitative estimate of drug-likeness (QED) is 0.512. The standard InChI is InChI=1S/C17H16N4O3/c1-2-11-23-15-7-3-13(4-8-15)17(22)24-16-9-5-14(6-10-16)21-12-18-19-20-21/h3-10,12H,2,11H2,1H3. The van der Waals surface area contributed by atoms with E-state index in [1.165, 1.54) is 11.0 Å². The molecule has 1 aromatic heterocycles. The number of benzene rings is 2. The molecule has 0 bridgehead atoms. The maximum absolute atomic E-state index is 12.2. The van der Waals surface area contributed by atoms with E-state index < -0.39 is 5.97 Å². The molecule has 0 saturated heterocycles. The monoisotopic (exact) mass is 324 g/mol. The molecule has 122 valence electrons. The van der Waals surface area contributed by atoms with Crippen LogP contribution in [0.3, 0.4) is 0 Å². The van der Waals surface area contributed by atoms with E-state index in [1.54, 1.807) is 48.5 Å². The Morgan fingerprint density at radius 1 is 1.04 bits per heavy atom. The number of carbonyl (C=O) groups is 1. The minimum atomic E-state index is -0.424. The summed E-state index contributed by atoms with van der Waals surface area (Å²) in [6, 6.07) is 13.8. The Hall–Kier alpha value is -3.22. The summed E-state index contributed by atoms with van der Waals surface area (Å²) in [6.45, 7) is 2.69. The van der Waals surface area contributed by atoms with Gasteiger partial charge in [-0.15, -0.1) is 5.10 Å². The molecule has 0 N–H and O–H groups in total. The van der Waals surface area contributed by atoms with Gasteiger partial charge in [-0.2, -0.15) is 0 Å². The lowest BCUT2D eigenvalue weighted by Gasteiger charge is -2.07. The average molecular weight is 324 g/mol. The van der Waals surface area contributed by atoms with Gasteiger partial charge in [-0.05, 0) is 65.4 Å². The van der Waals surface area contributed by atoms with Gasteiger partial charge in [0.1, 0.15) is 17.8 Å². The van der Waals surface area contributed by atoms with Crippen LogP contribution < -0.4 is 9.47 Å². The highest BCUT2D eigenvalue weighted by atomic mass is 16.5. The highest BCUT2D eigenvalue weighted by Gasteiger charge is 2.09. The molecule has 0 aliphatic carbocycles. The minimum absolute atomic E-state index is 0.424. The Labute approximate surface area is 138 Å². The molecule has 0 saturated carbocycles. The Kier molecular flexibility index (Phi) is 4.81. The van der Waals surface area contributed by atoms with Crippen LogP contribution in [0, 0.1) is 0 Å². The van der Waals surface area contributed by atoms with Gasteiger partial charge in [-0.3, -0.25) is 0 Å². The van der Waals surface area contributed by atoms with Crippen LogP contribution in [-0.2, 0) is 0 Å². The molecule has 3 aromatic rings. The van der Waals surface area contributed by atoms with Gasteiger partial charge in [0.05, 0.1) is 17.9 Å². The molecule has 0 aliphatic rings. The van der Waals surface area contributed by atoms with E-state index in [1.807, 2.05) is 6.92 Å². The zero-order valence-electron chi connectivity index (χ0n) is 13.1. The normalized spacial score (nSPS) is 10.4. The van der Waals surface area contributed by atoms with Crippen molar-refractivity contribution in [2.24, 2.45) is 0 Å². The molecule has 7 nitrogen and oxygen atoms in total. The van der Waals surface area contributed by atoms with Gasteiger partial charge in [0, 0.05) is 0 Å². The Balaban J connectivity index is 1.64. The van der Waals surface area contributed by atoms with Gasteiger partial charge >= 0.3 is 5.97 Å². The number of ether oxygens (including phenoxy) is 2. The smallest absolute Gasteiger partial charge is 0.343 e. The first kappa shape index (κ1) is 15.7. The van der Waals surface area contributed by atoms with Gasteiger partial charge in [0.15, 0.2) is 0 Å². The molecule has 0 spiro atoms. The number of nitrogens with zero attached hydrogens (tertiary/aromatic N) is 4. The Morgan fingerprint density at radius 2 is 1.75 bits per heavy atom. The highest BCUT2D eigenvalue weighted by Crippen LogP contribution is 2.17. The SMILES string of the molecule is CCCOc1ccc(C(=O)Oc2ccc(-n3cnnn3)cc2)cc1. The number of hydrogen-bond acceptors (Lipinski definition) is 6. The summed E-state index contributed by atoms with van der Waals surface area (Å²) < 4.78 is 12.4. The van der Waals surface area contributed by atoms with Crippen LogP contribution in [0.2, 0.25) is 0 Å². The predicted octanol–water partition coefficient (Wildman–Crippen LogP) is 2.67. The third-order valence-corrected chi connectivity index (χ3v) is 3.22. The van der Waals surface area contributed by atoms with Crippen molar-refractivity contribution in [1.29, 1.82) is 0 Å². The lowest BCUT2D eigenvalue weighted by atomic mass is 10.2. The van der Waals surface area contributed by atoms with Crippen LogP contribution in [0.4, 0.5) is 0 Å². The average Bonchev–Trinajstić information content (AvgIpc) is 3.15. The van der Waals surface area contributed by atoms with E-state index in [4.69, 9.17) is 9.47 Å². The summed E-state index contributed by atoms with van der Waals surface area (Å²) in [5, 5.41) is 10.9. The van der Waals surface area contributed by atoms with Crippen molar-refractivity contribution in [3.8, 4) is 17.2 Å². The summed E-state index contributed by atoms with van der Waals surface area (Å²) in [5.41, 5.74) is 1.24. The molecule has 2 aromatic carbocycles. The second-order valence-corrected chi connectivity index (χ2v) is 5.01. The van der Waals surface area contributed by atoms with E-state index in [0.29, 0.717) is 17.9 Å². The molecule has 0 atom stereocenters. The Bertz CT molecular complexity index is 784. The van der Waals surface area contributed by atoms with E-state index in [9.17, 15) is 4.79 Å². The van der Waals surface area contributed by atoms with Crippen molar-refractivity contribution in [3.05, 3.63) is 60.4 Å².